The molecule has 0 radical (unpaired) electrons. The van der Waals surface area contributed by atoms with Gasteiger partial charge in [0.15, 0.2) is 11.5 Å². The number of hydrogen-bond acceptors (Lipinski definition) is 5. The van der Waals surface area contributed by atoms with E-state index in [-0.39, 0.29) is 5.91 Å². The summed E-state index contributed by atoms with van der Waals surface area (Å²) < 4.78 is 10.9. The minimum absolute atomic E-state index is 0.0472. The van der Waals surface area contributed by atoms with E-state index in [2.05, 4.69) is 17.0 Å². The van der Waals surface area contributed by atoms with Crippen LogP contribution in [0.15, 0.2) is 12.1 Å². The van der Waals surface area contributed by atoms with E-state index in [1.165, 1.54) is 11.1 Å². The lowest BCUT2D eigenvalue weighted by Gasteiger charge is -2.42. The topological polar surface area (TPSA) is 68.0 Å². The molecule has 6 nitrogen and oxygen atoms in total. The lowest BCUT2D eigenvalue weighted by atomic mass is 9.94. The van der Waals surface area contributed by atoms with Gasteiger partial charge in [-0.15, -0.1) is 0 Å². The number of methoxy groups -OCH3 is 2. The van der Waals surface area contributed by atoms with Crippen LogP contribution in [0.3, 0.4) is 0 Å². The number of likely N-dealkylation sites (tertiary alicyclic amines) is 1. The standard InChI is InChI=1S/C20H31N3O3/c1-20(2,21)19(24)23-8-5-6-16(13-23)22-9-7-14-10-17(25-3)18(26-4)11-15(14)12-22/h10-11,16H,5-9,12-13,21H2,1-4H3. The number of carbonyl (C=O) groups is 1. The maximum atomic E-state index is 12.6. The van der Waals surface area contributed by atoms with Crippen molar-refractivity contribution < 1.29 is 14.3 Å². The van der Waals surface area contributed by atoms with Crippen molar-refractivity contribution in [2.24, 2.45) is 5.73 Å². The highest BCUT2D eigenvalue weighted by atomic mass is 16.5. The third-order valence-corrected chi connectivity index (χ3v) is 5.50. The molecule has 2 aliphatic heterocycles. The average molecular weight is 361 g/mol. The summed E-state index contributed by atoms with van der Waals surface area (Å²) in [6.45, 7) is 7.04. The predicted molar refractivity (Wildman–Crippen MR) is 102 cm³/mol. The van der Waals surface area contributed by atoms with Crippen molar-refractivity contribution in [3.63, 3.8) is 0 Å². The highest BCUT2D eigenvalue weighted by Crippen LogP contribution is 2.34. The summed E-state index contributed by atoms with van der Waals surface area (Å²) in [6, 6.07) is 4.57. The van der Waals surface area contributed by atoms with Crippen molar-refractivity contribution in [1.82, 2.24) is 9.80 Å². The number of amides is 1. The number of carbonyl (C=O) groups excluding carboxylic acids is 1. The van der Waals surface area contributed by atoms with E-state index in [4.69, 9.17) is 15.2 Å². The highest BCUT2D eigenvalue weighted by molar-refractivity contribution is 5.85. The normalized spacial score (nSPS) is 21.3. The summed E-state index contributed by atoms with van der Waals surface area (Å²) in [5.41, 5.74) is 7.83. The van der Waals surface area contributed by atoms with Crippen LogP contribution in [0.25, 0.3) is 0 Å². The van der Waals surface area contributed by atoms with Gasteiger partial charge in [0.05, 0.1) is 19.8 Å². The van der Waals surface area contributed by atoms with Gasteiger partial charge in [0.1, 0.15) is 0 Å². The zero-order valence-electron chi connectivity index (χ0n) is 16.4. The van der Waals surface area contributed by atoms with Crippen LogP contribution >= 0.6 is 0 Å². The molecule has 0 bridgehead atoms. The van der Waals surface area contributed by atoms with Gasteiger partial charge in [0, 0.05) is 32.2 Å². The summed E-state index contributed by atoms with van der Waals surface area (Å²) in [4.78, 5) is 17.0. The van der Waals surface area contributed by atoms with Crippen molar-refractivity contribution in [2.75, 3.05) is 33.9 Å². The van der Waals surface area contributed by atoms with Gasteiger partial charge in [-0.25, -0.2) is 0 Å². The van der Waals surface area contributed by atoms with Crippen LogP contribution in [0.2, 0.25) is 0 Å². The Bertz CT molecular complexity index is 669. The molecule has 1 atom stereocenters. The molecule has 0 spiro atoms. The molecule has 3 rings (SSSR count). The van der Waals surface area contributed by atoms with Gasteiger partial charge in [-0.3, -0.25) is 9.69 Å². The van der Waals surface area contributed by atoms with Crippen LogP contribution in [-0.2, 0) is 17.8 Å². The number of nitrogens with two attached hydrogens (primary N) is 1. The minimum Gasteiger partial charge on any atom is -0.493 e. The summed E-state index contributed by atoms with van der Waals surface area (Å²) in [5, 5.41) is 0. The summed E-state index contributed by atoms with van der Waals surface area (Å²) in [6.07, 6.45) is 3.14. The molecule has 1 aromatic rings. The average Bonchev–Trinajstić information content (AvgIpc) is 2.65. The number of nitrogens with zero attached hydrogens (tertiary/aromatic N) is 2. The number of piperidine rings is 1. The fraction of sp³-hybridized carbons (Fsp3) is 0.650. The lowest BCUT2D eigenvalue weighted by molar-refractivity contribution is -0.138. The van der Waals surface area contributed by atoms with Gasteiger partial charge in [0.25, 0.3) is 0 Å². The van der Waals surface area contributed by atoms with Gasteiger partial charge in [0.2, 0.25) is 5.91 Å². The second kappa shape index (κ2) is 7.45. The molecule has 2 heterocycles. The number of rotatable bonds is 4. The number of hydrogen-bond donors (Lipinski definition) is 1. The van der Waals surface area contributed by atoms with Gasteiger partial charge < -0.3 is 20.1 Å². The second-order valence-electron chi connectivity index (χ2n) is 7.97. The van der Waals surface area contributed by atoms with Crippen molar-refractivity contribution in [3.05, 3.63) is 23.3 Å². The minimum atomic E-state index is -0.805. The quantitative estimate of drug-likeness (QED) is 0.886. The second-order valence-corrected chi connectivity index (χ2v) is 7.97. The van der Waals surface area contributed by atoms with Crippen LogP contribution < -0.4 is 15.2 Å². The fourth-order valence-electron chi connectivity index (χ4n) is 4.06. The first-order valence-electron chi connectivity index (χ1n) is 9.39. The van der Waals surface area contributed by atoms with Crippen molar-refractivity contribution in [2.45, 2.75) is 51.2 Å². The maximum Gasteiger partial charge on any atom is 0.242 e. The van der Waals surface area contributed by atoms with Gasteiger partial charge in [-0.05, 0) is 56.4 Å². The smallest absolute Gasteiger partial charge is 0.242 e. The van der Waals surface area contributed by atoms with E-state index < -0.39 is 5.54 Å². The molecular weight excluding hydrogens is 330 g/mol. The van der Waals surface area contributed by atoms with Crippen LogP contribution in [-0.4, -0.2) is 61.1 Å². The van der Waals surface area contributed by atoms with Crippen LogP contribution in [0.1, 0.15) is 37.8 Å². The van der Waals surface area contributed by atoms with Gasteiger partial charge in [-0.1, -0.05) is 0 Å². The number of fused-ring (bicyclic) bond motifs is 1. The molecule has 1 unspecified atom stereocenters. The van der Waals surface area contributed by atoms with E-state index in [1.54, 1.807) is 28.1 Å². The Hall–Kier alpha value is -1.79. The first kappa shape index (κ1) is 19.0. The molecule has 0 aliphatic carbocycles. The Balaban J connectivity index is 1.73. The molecule has 1 aromatic carbocycles. The largest absolute Gasteiger partial charge is 0.493 e. The molecule has 0 aromatic heterocycles. The molecule has 1 fully saturated rings. The van der Waals surface area contributed by atoms with Crippen molar-refractivity contribution in [3.8, 4) is 11.5 Å². The molecule has 1 amide bonds. The monoisotopic (exact) mass is 361 g/mol. The summed E-state index contributed by atoms with van der Waals surface area (Å²) in [5.74, 6) is 1.61. The lowest BCUT2D eigenvalue weighted by Crippen LogP contribution is -2.57. The summed E-state index contributed by atoms with van der Waals surface area (Å²) in [7, 11) is 3.34. The molecule has 1 saturated heterocycles. The Labute approximate surface area is 156 Å². The molecule has 2 N–H and O–H groups in total. The zero-order valence-corrected chi connectivity index (χ0v) is 16.4. The highest BCUT2D eigenvalue weighted by Gasteiger charge is 2.34. The Morgan fingerprint density at radius 2 is 1.81 bits per heavy atom. The molecule has 6 heteroatoms. The number of ether oxygens (including phenoxy) is 2. The third kappa shape index (κ3) is 3.81. The van der Waals surface area contributed by atoms with E-state index in [9.17, 15) is 4.79 Å². The summed E-state index contributed by atoms with van der Waals surface area (Å²) >= 11 is 0. The molecule has 26 heavy (non-hydrogen) atoms. The predicted octanol–water partition coefficient (Wildman–Crippen LogP) is 1.79. The maximum absolute atomic E-state index is 12.6. The first-order valence-corrected chi connectivity index (χ1v) is 9.39. The first-order chi connectivity index (χ1) is 12.3. The molecule has 2 aliphatic rings. The van der Waals surface area contributed by atoms with Crippen LogP contribution in [0, 0.1) is 0 Å². The molecular formula is C20H31N3O3. The SMILES string of the molecule is COc1cc2c(cc1OC)CN(C1CCCN(C(=O)C(C)(C)N)C1)CC2. The van der Waals surface area contributed by atoms with E-state index in [0.717, 1.165) is 56.9 Å². The van der Waals surface area contributed by atoms with E-state index in [1.807, 2.05) is 4.90 Å². The number of benzene rings is 1. The van der Waals surface area contributed by atoms with Gasteiger partial charge >= 0.3 is 0 Å². The van der Waals surface area contributed by atoms with E-state index >= 15 is 0 Å². The molecule has 144 valence electrons. The third-order valence-electron chi connectivity index (χ3n) is 5.50. The van der Waals surface area contributed by atoms with Crippen molar-refractivity contribution >= 4 is 5.91 Å². The van der Waals surface area contributed by atoms with Crippen LogP contribution in [0.4, 0.5) is 0 Å². The fourth-order valence-corrected chi connectivity index (χ4v) is 4.06. The Morgan fingerprint density at radius 3 is 2.42 bits per heavy atom. The van der Waals surface area contributed by atoms with Crippen LogP contribution in [0.5, 0.6) is 11.5 Å². The van der Waals surface area contributed by atoms with Gasteiger partial charge in [-0.2, -0.15) is 0 Å². The Morgan fingerprint density at radius 1 is 1.15 bits per heavy atom. The Kier molecular flexibility index (Phi) is 5.44. The zero-order chi connectivity index (χ0) is 18.9. The molecule has 0 saturated carbocycles. The van der Waals surface area contributed by atoms with Crippen molar-refractivity contribution in [1.29, 1.82) is 0 Å². The van der Waals surface area contributed by atoms with E-state index in [0.29, 0.717) is 6.04 Å².